The van der Waals surface area contributed by atoms with E-state index in [0.717, 1.165) is 0 Å². The van der Waals surface area contributed by atoms with Gasteiger partial charge in [0.2, 0.25) is 11.8 Å². The van der Waals surface area contributed by atoms with Crippen molar-refractivity contribution in [2.75, 3.05) is 13.6 Å². The van der Waals surface area contributed by atoms with Gasteiger partial charge in [0.1, 0.15) is 63.8 Å². The number of pyridine rings is 1. The van der Waals surface area contributed by atoms with Crippen LogP contribution in [0.3, 0.4) is 0 Å². The molecule has 7 heterocycles. The van der Waals surface area contributed by atoms with Crippen LogP contribution in [0, 0.1) is 18.8 Å². The first-order chi connectivity index (χ1) is 28.7. The van der Waals surface area contributed by atoms with Crippen LogP contribution in [0.15, 0.2) is 38.3 Å². The van der Waals surface area contributed by atoms with E-state index >= 15 is 0 Å². The van der Waals surface area contributed by atoms with Gasteiger partial charge in [-0.05, 0) is 46.8 Å². The lowest BCUT2D eigenvalue weighted by Gasteiger charge is -2.20. The standard InChI is InChI=1S/C38H38BrN11O5S5/c1-15(2)27-37-46-23(14-59-37)35-43-20(11-57-35)30-18(7-8-24(39)47-30)34-44-22(13-56-34)32(54)42-19(9-25(51)40-6)36-50-29(17(5)60-36)33(55)49-28(16(3)4)38-45-21(12-58-38)31(53)41-10-26(52)48-27/h7-8,11-16,19,27-28H,9-10H2,1-6H3,(H,40,51)(H,41,53)(H,42,54)(H,48,52)(H,49,55)/t19-,27-,28-/m0/s1. The molecule has 0 saturated heterocycles. The summed E-state index contributed by atoms with van der Waals surface area (Å²) in [4.78, 5) is 95.7. The van der Waals surface area contributed by atoms with Crippen LogP contribution in [-0.4, -0.2) is 73.0 Å². The van der Waals surface area contributed by atoms with Gasteiger partial charge in [0, 0.05) is 39.0 Å². The quantitative estimate of drug-likeness (QED) is 0.117. The summed E-state index contributed by atoms with van der Waals surface area (Å²) in [6, 6.07) is 1.73. The van der Waals surface area contributed by atoms with Crippen LogP contribution in [0.5, 0.6) is 0 Å². The van der Waals surface area contributed by atoms with E-state index in [9.17, 15) is 24.0 Å². The van der Waals surface area contributed by atoms with Gasteiger partial charge in [-0.1, -0.05) is 27.7 Å². The summed E-state index contributed by atoms with van der Waals surface area (Å²) in [5, 5.41) is 23.9. The summed E-state index contributed by atoms with van der Waals surface area (Å²) < 4.78 is 0.578. The van der Waals surface area contributed by atoms with Crippen LogP contribution in [-0.2, 0) is 9.59 Å². The van der Waals surface area contributed by atoms with Gasteiger partial charge in [0.25, 0.3) is 17.7 Å². The summed E-state index contributed by atoms with van der Waals surface area (Å²) in [5.74, 6) is -2.44. The predicted octanol–water partition coefficient (Wildman–Crippen LogP) is 6.73. The molecule has 0 fully saturated rings. The summed E-state index contributed by atoms with van der Waals surface area (Å²) >= 11 is 9.94. The minimum absolute atomic E-state index is 0.0236. The van der Waals surface area contributed by atoms with Gasteiger partial charge >= 0.3 is 0 Å². The fourth-order valence-electron chi connectivity index (χ4n) is 6.08. The fraction of sp³-hybridized carbons (Fsp3) is 0.342. The number of halogens is 1. The molecule has 3 atom stereocenters. The van der Waals surface area contributed by atoms with E-state index in [1.807, 2.05) is 44.5 Å². The number of amides is 5. The molecule has 0 radical (unpaired) electrons. The zero-order chi connectivity index (χ0) is 42.8. The van der Waals surface area contributed by atoms with Crippen molar-refractivity contribution in [1.82, 2.24) is 56.5 Å². The van der Waals surface area contributed by atoms with Crippen molar-refractivity contribution in [2.45, 2.75) is 59.2 Å². The SMILES string of the molecule is CNC(=O)C[C@@H]1NC(=O)c2csc(n2)-c2ccc(Br)nc2-c2csc(n2)-c2csc(n2)[C@H](C(C)C)NC(=O)CNC(=O)c2csc(n2)[C@H](C(C)C)NC(=O)c2nc1sc2C. The molecule has 5 amide bonds. The van der Waals surface area contributed by atoms with E-state index in [0.29, 0.717) is 57.2 Å². The van der Waals surface area contributed by atoms with E-state index in [1.54, 1.807) is 23.8 Å². The molecule has 5 N–H and O–H groups in total. The molecule has 0 unspecified atom stereocenters. The van der Waals surface area contributed by atoms with Gasteiger partial charge in [-0.3, -0.25) is 24.0 Å². The maximum Gasteiger partial charge on any atom is 0.271 e. The van der Waals surface area contributed by atoms with Crippen molar-refractivity contribution in [1.29, 1.82) is 0 Å². The highest BCUT2D eigenvalue weighted by molar-refractivity contribution is 9.10. The van der Waals surface area contributed by atoms with Crippen LogP contribution in [0.2, 0.25) is 0 Å². The number of aromatic nitrogens is 6. The third-order valence-corrected chi connectivity index (χ3v) is 14.4. The summed E-state index contributed by atoms with van der Waals surface area (Å²) in [7, 11) is 1.50. The molecule has 6 aromatic heterocycles. The molecule has 0 saturated carbocycles. The Kier molecular flexibility index (Phi) is 13.3. The monoisotopic (exact) mass is 967 g/mol. The van der Waals surface area contributed by atoms with E-state index in [4.69, 9.17) is 15.0 Å². The molecule has 0 spiro atoms. The lowest BCUT2D eigenvalue weighted by atomic mass is 10.0. The molecule has 1 aliphatic heterocycles. The number of nitrogens with one attached hydrogen (secondary N) is 5. The number of aryl methyl sites for hydroxylation is 1. The van der Waals surface area contributed by atoms with Crippen molar-refractivity contribution in [3.8, 4) is 32.7 Å². The maximum atomic E-state index is 13.8. The Hall–Kier alpha value is -4.87. The number of thiazole rings is 5. The van der Waals surface area contributed by atoms with Crippen molar-refractivity contribution < 1.29 is 24.0 Å². The average Bonchev–Trinajstić information content (AvgIpc) is 4.07. The van der Waals surface area contributed by atoms with Gasteiger partial charge < -0.3 is 26.6 Å². The second kappa shape index (κ2) is 18.4. The molecule has 1 aliphatic rings. The lowest BCUT2D eigenvalue weighted by molar-refractivity contribution is -0.122. The second-order valence-electron chi connectivity index (χ2n) is 14.3. The number of fused-ring (bicyclic) bond motifs is 14. The van der Waals surface area contributed by atoms with Crippen LogP contribution in [0.1, 0.15) is 104 Å². The van der Waals surface area contributed by atoms with Gasteiger partial charge in [-0.25, -0.2) is 29.9 Å². The molecule has 10 bridgehead atoms. The number of hydrogen-bond donors (Lipinski definition) is 5. The van der Waals surface area contributed by atoms with Crippen molar-refractivity contribution in [3.63, 3.8) is 0 Å². The Morgan fingerprint density at radius 1 is 0.717 bits per heavy atom. The van der Waals surface area contributed by atoms with Gasteiger partial charge in [0.15, 0.2) is 0 Å². The second-order valence-corrected chi connectivity index (χ2v) is 19.8. The summed E-state index contributed by atoms with van der Waals surface area (Å²) in [6.45, 7) is 9.23. The topological polar surface area (TPSA) is 223 Å². The van der Waals surface area contributed by atoms with E-state index < -0.39 is 41.8 Å². The molecule has 16 nitrogen and oxygen atoms in total. The van der Waals surface area contributed by atoms with Crippen molar-refractivity contribution >= 4 is 102 Å². The third kappa shape index (κ3) is 9.52. The Labute approximate surface area is 372 Å². The molecule has 0 aromatic carbocycles. The van der Waals surface area contributed by atoms with E-state index in [2.05, 4.69) is 57.5 Å². The first-order valence-corrected chi connectivity index (χ1v) is 23.7. The lowest BCUT2D eigenvalue weighted by Crippen LogP contribution is -2.40. The molecular formula is C38H38BrN11O5S5. The van der Waals surface area contributed by atoms with Gasteiger partial charge in [-0.15, -0.1) is 56.7 Å². The molecule has 22 heteroatoms. The van der Waals surface area contributed by atoms with Gasteiger partial charge in [0.05, 0.1) is 31.1 Å². The van der Waals surface area contributed by atoms with E-state index in [1.165, 1.54) is 63.7 Å². The summed E-state index contributed by atoms with van der Waals surface area (Å²) in [5.41, 5.74) is 2.76. The number of hydrogen-bond acceptors (Lipinski definition) is 16. The maximum absolute atomic E-state index is 13.8. The number of rotatable bonds is 4. The normalized spacial score (nSPS) is 17.8. The van der Waals surface area contributed by atoms with Crippen LogP contribution < -0.4 is 26.6 Å². The Morgan fingerprint density at radius 2 is 1.33 bits per heavy atom. The predicted molar refractivity (Wildman–Crippen MR) is 236 cm³/mol. The third-order valence-electron chi connectivity index (χ3n) is 9.25. The van der Waals surface area contributed by atoms with Gasteiger partial charge in [-0.2, -0.15) is 0 Å². The van der Waals surface area contributed by atoms with Crippen molar-refractivity contribution in [3.05, 3.63) is 75.2 Å². The number of carbonyl (C=O) groups is 5. The first-order valence-electron chi connectivity index (χ1n) is 18.6. The molecule has 312 valence electrons. The van der Waals surface area contributed by atoms with Crippen LogP contribution in [0.25, 0.3) is 32.7 Å². The number of nitrogens with zero attached hydrogens (tertiary/aromatic N) is 6. The average molecular weight is 969 g/mol. The van der Waals surface area contributed by atoms with E-state index in [-0.39, 0.29) is 47.8 Å². The summed E-state index contributed by atoms with van der Waals surface area (Å²) in [6.07, 6.45) is -0.140. The van der Waals surface area contributed by atoms with Crippen LogP contribution >= 0.6 is 72.6 Å². The molecular weight excluding hydrogens is 931 g/mol. The minimum Gasteiger partial charge on any atom is -0.359 e. The Balaban J connectivity index is 1.26. The molecule has 7 rings (SSSR count). The number of carbonyl (C=O) groups excluding carboxylic acids is 5. The minimum atomic E-state index is -0.882. The molecule has 60 heavy (non-hydrogen) atoms. The largest absolute Gasteiger partial charge is 0.359 e. The highest BCUT2D eigenvalue weighted by atomic mass is 79.9. The molecule has 6 aromatic rings. The van der Waals surface area contributed by atoms with Crippen molar-refractivity contribution in [2.24, 2.45) is 11.8 Å². The highest BCUT2D eigenvalue weighted by Crippen LogP contribution is 2.38. The highest BCUT2D eigenvalue weighted by Gasteiger charge is 2.30. The zero-order valence-corrected chi connectivity index (χ0v) is 38.6. The smallest absolute Gasteiger partial charge is 0.271 e. The Morgan fingerprint density at radius 3 is 2.05 bits per heavy atom. The zero-order valence-electron chi connectivity index (χ0n) is 32.9. The van der Waals surface area contributed by atoms with Crippen LogP contribution in [0.4, 0.5) is 0 Å². The Bertz CT molecular complexity index is 2590. The first kappa shape index (κ1) is 43.2. The molecule has 0 aliphatic carbocycles. The fourth-order valence-corrected chi connectivity index (χ4v) is 11.1.